The van der Waals surface area contributed by atoms with E-state index in [2.05, 4.69) is 11.6 Å². The number of hydrogen-bond donors (Lipinski definition) is 1. The maximum Gasteiger partial charge on any atom is 0.237 e. The molecule has 0 aliphatic rings. The summed E-state index contributed by atoms with van der Waals surface area (Å²) in [4.78, 5) is 11.7. The summed E-state index contributed by atoms with van der Waals surface area (Å²) in [6.07, 6.45) is 1.37. The summed E-state index contributed by atoms with van der Waals surface area (Å²) in [7, 11) is -3.57. The predicted octanol–water partition coefficient (Wildman–Crippen LogP) is 1.66. The van der Waals surface area contributed by atoms with E-state index in [-0.39, 0.29) is 12.2 Å². The molecular formula is C15H23NO4S. The minimum absolute atomic E-state index is 0.0642. The zero-order chi connectivity index (χ0) is 15.7. The summed E-state index contributed by atoms with van der Waals surface area (Å²) in [5, 5.41) is 0. The van der Waals surface area contributed by atoms with Crippen LogP contribution in [0.15, 0.2) is 24.3 Å². The van der Waals surface area contributed by atoms with Crippen molar-refractivity contribution in [2.75, 3.05) is 19.0 Å². The first kappa shape index (κ1) is 17.7. The number of nitrogens with one attached hydrogen (secondary N) is 1. The molecule has 1 N–H and O–H groups in total. The molecule has 0 spiro atoms. The predicted molar refractivity (Wildman–Crippen MR) is 82.6 cm³/mol. The Balaban J connectivity index is 2.44. The first-order valence-corrected chi connectivity index (χ1v) is 8.81. The van der Waals surface area contributed by atoms with Gasteiger partial charge in [-0.3, -0.25) is 9.52 Å². The van der Waals surface area contributed by atoms with Gasteiger partial charge in [-0.2, -0.15) is 0 Å². The fraction of sp³-hybridized carbons (Fsp3) is 0.533. The highest BCUT2D eigenvalue weighted by Crippen LogP contribution is 2.06. The first-order valence-electron chi connectivity index (χ1n) is 7.15. The minimum atomic E-state index is -3.57. The molecule has 5 nitrogen and oxygen atoms in total. The Bertz CT molecular complexity index is 537. The van der Waals surface area contributed by atoms with Crippen LogP contribution in [-0.4, -0.2) is 33.3 Å². The number of aryl methyl sites for hydroxylation is 1. The summed E-state index contributed by atoms with van der Waals surface area (Å²) in [5.74, 6) is -0.608. The highest BCUT2D eigenvalue weighted by molar-refractivity contribution is 7.90. The highest BCUT2D eigenvalue weighted by Gasteiger charge is 2.14. The van der Waals surface area contributed by atoms with E-state index in [1.165, 1.54) is 5.56 Å². The molecule has 21 heavy (non-hydrogen) atoms. The van der Waals surface area contributed by atoms with Gasteiger partial charge in [-0.1, -0.05) is 31.2 Å². The quantitative estimate of drug-likeness (QED) is 0.704. The van der Waals surface area contributed by atoms with Crippen molar-refractivity contribution in [3.8, 4) is 0 Å². The van der Waals surface area contributed by atoms with Gasteiger partial charge in [0.05, 0.1) is 12.2 Å². The number of benzene rings is 1. The van der Waals surface area contributed by atoms with Crippen molar-refractivity contribution in [2.45, 2.75) is 33.1 Å². The van der Waals surface area contributed by atoms with E-state index in [4.69, 9.17) is 4.74 Å². The molecule has 0 aliphatic carbocycles. The number of rotatable bonds is 9. The summed E-state index contributed by atoms with van der Waals surface area (Å²) in [5.41, 5.74) is 1.98. The molecule has 0 saturated carbocycles. The average molecular weight is 313 g/mol. The number of hydrogen-bond acceptors (Lipinski definition) is 4. The molecule has 0 heterocycles. The van der Waals surface area contributed by atoms with Gasteiger partial charge in [-0.25, -0.2) is 8.42 Å². The lowest BCUT2D eigenvalue weighted by Crippen LogP contribution is -2.33. The lowest BCUT2D eigenvalue weighted by atomic mass is 10.1. The van der Waals surface area contributed by atoms with Gasteiger partial charge >= 0.3 is 0 Å². The minimum Gasteiger partial charge on any atom is -0.382 e. The van der Waals surface area contributed by atoms with Crippen molar-refractivity contribution in [2.24, 2.45) is 0 Å². The fourth-order valence-electron chi connectivity index (χ4n) is 1.83. The van der Waals surface area contributed by atoms with Crippen LogP contribution in [0, 0.1) is 0 Å². The maximum atomic E-state index is 11.7. The van der Waals surface area contributed by atoms with Gasteiger partial charge in [-0.15, -0.1) is 0 Å². The molecule has 0 unspecified atom stereocenters. The van der Waals surface area contributed by atoms with Crippen molar-refractivity contribution < 1.29 is 17.9 Å². The van der Waals surface area contributed by atoms with Crippen LogP contribution in [-0.2, 0) is 32.4 Å². The van der Waals surface area contributed by atoms with Crippen LogP contribution in [0.2, 0.25) is 0 Å². The van der Waals surface area contributed by atoms with Crippen LogP contribution in [0.4, 0.5) is 0 Å². The zero-order valence-corrected chi connectivity index (χ0v) is 13.4. The molecule has 0 bridgehead atoms. The molecule has 0 saturated heterocycles. The van der Waals surface area contributed by atoms with Crippen molar-refractivity contribution in [1.82, 2.24) is 4.72 Å². The Hall–Kier alpha value is -1.40. The Kier molecular flexibility index (Phi) is 7.39. The van der Waals surface area contributed by atoms with Crippen molar-refractivity contribution in [1.29, 1.82) is 0 Å². The van der Waals surface area contributed by atoms with Crippen LogP contribution < -0.4 is 4.72 Å². The van der Waals surface area contributed by atoms with E-state index in [0.29, 0.717) is 19.6 Å². The SMILES string of the molecule is CCOCCCS(=O)(=O)NC(=O)Cc1ccc(CC)cc1. The van der Waals surface area contributed by atoms with Crippen LogP contribution in [0.3, 0.4) is 0 Å². The summed E-state index contributed by atoms with van der Waals surface area (Å²) >= 11 is 0. The van der Waals surface area contributed by atoms with E-state index in [1.807, 2.05) is 31.2 Å². The lowest BCUT2D eigenvalue weighted by molar-refractivity contribution is -0.118. The van der Waals surface area contributed by atoms with Gasteiger partial charge in [0.2, 0.25) is 15.9 Å². The molecule has 0 radical (unpaired) electrons. The van der Waals surface area contributed by atoms with Crippen molar-refractivity contribution in [3.63, 3.8) is 0 Å². The standard InChI is InChI=1S/C15H23NO4S/c1-3-13-6-8-14(9-7-13)12-15(17)16-21(18,19)11-5-10-20-4-2/h6-9H,3-5,10-12H2,1-2H3,(H,16,17). The fourth-order valence-corrected chi connectivity index (χ4v) is 2.85. The summed E-state index contributed by atoms with van der Waals surface area (Å²) in [6.45, 7) is 4.83. The molecule has 1 amide bonds. The average Bonchev–Trinajstić information content (AvgIpc) is 2.44. The number of sulfonamides is 1. The van der Waals surface area contributed by atoms with Crippen LogP contribution in [0.5, 0.6) is 0 Å². The van der Waals surface area contributed by atoms with Crippen molar-refractivity contribution >= 4 is 15.9 Å². The molecule has 0 aliphatic heterocycles. The zero-order valence-electron chi connectivity index (χ0n) is 12.6. The third-order valence-corrected chi connectivity index (χ3v) is 4.34. The number of carbonyl (C=O) groups is 1. The Morgan fingerprint density at radius 3 is 2.33 bits per heavy atom. The van der Waals surface area contributed by atoms with Gasteiger partial charge < -0.3 is 4.74 Å². The van der Waals surface area contributed by atoms with Crippen LogP contribution >= 0.6 is 0 Å². The smallest absolute Gasteiger partial charge is 0.237 e. The Labute approximate surface area is 126 Å². The summed E-state index contributed by atoms with van der Waals surface area (Å²) in [6, 6.07) is 7.58. The second-order valence-electron chi connectivity index (χ2n) is 4.74. The molecular weight excluding hydrogens is 290 g/mol. The lowest BCUT2D eigenvalue weighted by Gasteiger charge is -2.07. The third kappa shape index (κ3) is 7.24. The number of ether oxygens (including phenoxy) is 1. The topological polar surface area (TPSA) is 72.5 Å². The molecule has 1 aromatic rings. The monoisotopic (exact) mass is 313 g/mol. The van der Waals surface area contributed by atoms with Gasteiger partial charge in [0.25, 0.3) is 0 Å². The van der Waals surface area contributed by atoms with Gasteiger partial charge in [0.15, 0.2) is 0 Å². The van der Waals surface area contributed by atoms with Crippen LogP contribution in [0.1, 0.15) is 31.4 Å². The second-order valence-corrected chi connectivity index (χ2v) is 6.58. The molecule has 0 aromatic heterocycles. The molecule has 0 fully saturated rings. The molecule has 118 valence electrons. The normalized spacial score (nSPS) is 11.3. The third-order valence-electron chi connectivity index (χ3n) is 2.97. The van der Waals surface area contributed by atoms with Gasteiger partial charge in [0, 0.05) is 13.2 Å². The van der Waals surface area contributed by atoms with Gasteiger partial charge in [0.1, 0.15) is 0 Å². The van der Waals surface area contributed by atoms with E-state index < -0.39 is 15.9 Å². The molecule has 1 aromatic carbocycles. The Morgan fingerprint density at radius 2 is 1.76 bits per heavy atom. The number of carbonyl (C=O) groups excluding carboxylic acids is 1. The molecule has 0 atom stereocenters. The maximum absolute atomic E-state index is 11.7. The van der Waals surface area contributed by atoms with Gasteiger partial charge in [-0.05, 0) is 30.9 Å². The number of amides is 1. The van der Waals surface area contributed by atoms with E-state index in [9.17, 15) is 13.2 Å². The summed E-state index contributed by atoms with van der Waals surface area (Å²) < 4.78 is 30.6. The van der Waals surface area contributed by atoms with Crippen LogP contribution in [0.25, 0.3) is 0 Å². The van der Waals surface area contributed by atoms with E-state index in [1.54, 1.807) is 0 Å². The highest BCUT2D eigenvalue weighted by atomic mass is 32.2. The van der Waals surface area contributed by atoms with E-state index >= 15 is 0 Å². The molecule has 6 heteroatoms. The molecule has 1 rings (SSSR count). The first-order chi connectivity index (χ1) is 9.96. The van der Waals surface area contributed by atoms with Crippen molar-refractivity contribution in [3.05, 3.63) is 35.4 Å². The van der Waals surface area contributed by atoms with E-state index in [0.717, 1.165) is 12.0 Å². The Morgan fingerprint density at radius 1 is 1.14 bits per heavy atom. The largest absolute Gasteiger partial charge is 0.382 e. The second kappa shape index (κ2) is 8.79.